The Kier molecular flexibility index (Phi) is 3.98. The van der Waals surface area contributed by atoms with Gasteiger partial charge in [-0.25, -0.2) is 0 Å². The highest BCUT2D eigenvalue weighted by Gasteiger charge is 2.18. The minimum absolute atomic E-state index is 0.00639. The summed E-state index contributed by atoms with van der Waals surface area (Å²) in [5, 5.41) is 0. The van der Waals surface area contributed by atoms with E-state index < -0.39 is 0 Å². The lowest BCUT2D eigenvalue weighted by molar-refractivity contribution is 0.304. The van der Waals surface area contributed by atoms with Gasteiger partial charge in [0.1, 0.15) is 0 Å². The Morgan fingerprint density at radius 1 is 1.00 bits per heavy atom. The molecule has 3 heteroatoms. The second kappa shape index (κ2) is 4.80. The standard InChI is InChI=1S/C9H21N3/c10-8(9(11)12)6-7-4-2-1-3-5-7/h7-9H,1-6,10-12H2. The number of hydrogen-bond donors (Lipinski definition) is 3. The molecule has 0 aromatic rings. The molecule has 0 heterocycles. The third-order valence-corrected chi connectivity index (χ3v) is 2.82. The van der Waals surface area contributed by atoms with E-state index in [9.17, 15) is 0 Å². The highest BCUT2D eigenvalue weighted by molar-refractivity contribution is 4.76. The van der Waals surface area contributed by atoms with Crippen LogP contribution in [0.5, 0.6) is 0 Å². The van der Waals surface area contributed by atoms with Gasteiger partial charge in [0, 0.05) is 6.04 Å². The Morgan fingerprint density at radius 3 is 2.08 bits per heavy atom. The van der Waals surface area contributed by atoms with Gasteiger partial charge >= 0.3 is 0 Å². The van der Waals surface area contributed by atoms with Crippen molar-refractivity contribution < 1.29 is 0 Å². The first-order chi connectivity index (χ1) is 5.70. The highest BCUT2D eigenvalue weighted by atomic mass is 14.9. The first-order valence-electron chi connectivity index (χ1n) is 4.97. The summed E-state index contributed by atoms with van der Waals surface area (Å²) in [6, 6.07) is -0.00639. The molecule has 0 amide bonds. The van der Waals surface area contributed by atoms with Gasteiger partial charge in [0.05, 0.1) is 6.17 Å². The van der Waals surface area contributed by atoms with E-state index in [2.05, 4.69) is 0 Å². The van der Waals surface area contributed by atoms with Gasteiger partial charge in [0.25, 0.3) is 0 Å². The molecule has 0 bridgehead atoms. The molecule has 1 fully saturated rings. The molecule has 1 unspecified atom stereocenters. The molecule has 12 heavy (non-hydrogen) atoms. The van der Waals surface area contributed by atoms with Gasteiger partial charge in [-0.2, -0.15) is 0 Å². The Morgan fingerprint density at radius 2 is 1.58 bits per heavy atom. The SMILES string of the molecule is NC(N)C(N)CC1CCCCC1. The van der Waals surface area contributed by atoms with Gasteiger partial charge in [-0.15, -0.1) is 0 Å². The maximum Gasteiger partial charge on any atom is 0.0677 e. The lowest BCUT2D eigenvalue weighted by Crippen LogP contribution is -2.48. The van der Waals surface area contributed by atoms with Crippen LogP contribution in [0.25, 0.3) is 0 Å². The predicted octanol–water partition coefficient (Wildman–Crippen LogP) is 0.528. The minimum Gasteiger partial charge on any atom is -0.325 e. The summed E-state index contributed by atoms with van der Waals surface area (Å²) >= 11 is 0. The molecule has 0 saturated heterocycles. The van der Waals surface area contributed by atoms with Crippen molar-refractivity contribution in [3.63, 3.8) is 0 Å². The molecule has 1 rings (SSSR count). The maximum atomic E-state index is 5.80. The van der Waals surface area contributed by atoms with Gasteiger partial charge < -0.3 is 17.2 Å². The zero-order chi connectivity index (χ0) is 8.97. The molecule has 1 saturated carbocycles. The summed E-state index contributed by atoms with van der Waals surface area (Å²) in [4.78, 5) is 0. The normalized spacial score (nSPS) is 23.0. The van der Waals surface area contributed by atoms with E-state index in [1.54, 1.807) is 0 Å². The lowest BCUT2D eigenvalue weighted by Gasteiger charge is -2.25. The Bertz CT molecular complexity index is 119. The van der Waals surface area contributed by atoms with Crippen molar-refractivity contribution in [2.24, 2.45) is 23.1 Å². The summed E-state index contributed by atoms with van der Waals surface area (Å²) in [7, 11) is 0. The molecule has 0 aromatic heterocycles. The lowest BCUT2D eigenvalue weighted by atomic mass is 9.84. The highest BCUT2D eigenvalue weighted by Crippen LogP contribution is 2.26. The van der Waals surface area contributed by atoms with Crippen LogP contribution >= 0.6 is 0 Å². The molecule has 72 valence electrons. The van der Waals surface area contributed by atoms with Crippen molar-refractivity contribution in [2.75, 3.05) is 0 Å². The van der Waals surface area contributed by atoms with E-state index in [1.807, 2.05) is 0 Å². The molecule has 1 aliphatic carbocycles. The molecule has 0 aromatic carbocycles. The smallest absolute Gasteiger partial charge is 0.0677 e. The Balaban J connectivity index is 2.20. The monoisotopic (exact) mass is 171 g/mol. The largest absolute Gasteiger partial charge is 0.325 e. The van der Waals surface area contributed by atoms with E-state index in [0.29, 0.717) is 0 Å². The summed E-state index contributed by atoms with van der Waals surface area (Å²) in [5.41, 5.74) is 16.8. The van der Waals surface area contributed by atoms with Crippen LogP contribution in [0.3, 0.4) is 0 Å². The topological polar surface area (TPSA) is 78.1 Å². The van der Waals surface area contributed by atoms with Gasteiger partial charge in [0.2, 0.25) is 0 Å². The molecule has 0 aliphatic heterocycles. The van der Waals surface area contributed by atoms with E-state index in [-0.39, 0.29) is 12.2 Å². The van der Waals surface area contributed by atoms with Crippen molar-refractivity contribution in [3.05, 3.63) is 0 Å². The van der Waals surface area contributed by atoms with Crippen molar-refractivity contribution in [2.45, 2.75) is 50.7 Å². The molecule has 3 nitrogen and oxygen atoms in total. The van der Waals surface area contributed by atoms with E-state index in [1.165, 1.54) is 32.1 Å². The zero-order valence-corrected chi connectivity index (χ0v) is 7.71. The van der Waals surface area contributed by atoms with Crippen molar-refractivity contribution in [1.82, 2.24) is 0 Å². The number of hydrogen-bond acceptors (Lipinski definition) is 3. The van der Waals surface area contributed by atoms with Gasteiger partial charge in [0.15, 0.2) is 0 Å². The predicted molar refractivity (Wildman–Crippen MR) is 51.3 cm³/mol. The molecule has 1 aliphatic rings. The molecular weight excluding hydrogens is 150 g/mol. The first kappa shape index (κ1) is 9.96. The van der Waals surface area contributed by atoms with Crippen LogP contribution in [0.4, 0.5) is 0 Å². The summed E-state index contributed by atoms with van der Waals surface area (Å²) in [6.07, 6.45) is 7.42. The Labute approximate surface area is 74.7 Å². The van der Waals surface area contributed by atoms with Gasteiger partial charge in [-0.05, 0) is 12.3 Å². The van der Waals surface area contributed by atoms with E-state index in [4.69, 9.17) is 17.2 Å². The Hall–Kier alpha value is -0.120. The molecule has 0 radical (unpaired) electrons. The summed E-state index contributed by atoms with van der Waals surface area (Å²) in [5.74, 6) is 0.781. The van der Waals surface area contributed by atoms with Crippen LogP contribution in [0.15, 0.2) is 0 Å². The van der Waals surface area contributed by atoms with Crippen LogP contribution in [0, 0.1) is 5.92 Å². The molecular formula is C9H21N3. The van der Waals surface area contributed by atoms with Crippen LogP contribution in [-0.2, 0) is 0 Å². The second-order valence-electron chi connectivity index (χ2n) is 3.98. The number of rotatable bonds is 3. The average Bonchev–Trinajstić information content (AvgIpc) is 2.06. The number of nitrogens with two attached hydrogens (primary N) is 3. The zero-order valence-electron chi connectivity index (χ0n) is 7.71. The molecule has 0 spiro atoms. The van der Waals surface area contributed by atoms with E-state index >= 15 is 0 Å². The fourth-order valence-corrected chi connectivity index (χ4v) is 1.96. The molecule has 6 N–H and O–H groups in total. The van der Waals surface area contributed by atoms with Crippen molar-refractivity contribution >= 4 is 0 Å². The minimum atomic E-state index is -0.341. The van der Waals surface area contributed by atoms with Gasteiger partial charge in [-0.1, -0.05) is 32.1 Å². The van der Waals surface area contributed by atoms with Crippen LogP contribution < -0.4 is 17.2 Å². The van der Waals surface area contributed by atoms with E-state index in [0.717, 1.165) is 12.3 Å². The second-order valence-corrected chi connectivity index (χ2v) is 3.98. The average molecular weight is 171 g/mol. The molecule has 1 atom stereocenters. The van der Waals surface area contributed by atoms with Gasteiger partial charge in [-0.3, -0.25) is 0 Å². The first-order valence-corrected chi connectivity index (χ1v) is 4.97. The summed E-state index contributed by atoms with van der Waals surface area (Å²) in [6.45, 7) is 0. The summed E-state index contributed by atoms with van der Waals surface area (Å²) < 4.78 is 0. The fraction of sp³-hybridized carbons (Fsp3) is 1.00. The third-order valence-electron chi connectivity index (χ3n) is 2.82. The van der Waals surface area contributed by atoms with Crippen molar-refractivity contribution in [3.8, 4) is 0 Å². The van der Waals surface area contributed by atoms with Crippen LogP contribution in [0.2, 0.25) is 0 Å². The van der Waals surface area contributed by atoms with Crippen LogP contribution in [-0.4, -0.2) is 12.2 Å². The van der Waals surface area contributed by atoms with Crippen LogP contribution in [0.1, 0.15) is 38.5 Å². The third kappa shape index (κ3) is 3.09. The van der Waals surface area contributed by atoms with Crippen molar-refractivity contribution in [1.29, 1.82) is 0 Å². The fourth-order valence-electron chi connectivity index (χ4n) is 1.96. The maximum absolute atomic E-state index is 5.80. The quantitative estimate of drug-likeness (QED) is 0.542.